The van der Waals surface area contributed by atoms with Crippen molar-refractivity contribution in [2.75, 3.05) is 9.80 Å². The molecule has 3 heterocycles. The number of nitrogens with one attached hydrogen (secondary N) is 1. The number of rotatable bonds is 3. The van der Waals surface area contributed by atoms with Crippen molar-refractivity contribution < 1.29 is 41.8 Å². The molecule has 3 aromatic carbocycles. The third kappa shape index (κ3) is 4.87. The molecule has 0 radical (unpaired) electrons. The van der Waals surface area contributed by atoms with E-state index in [0.717, 1.165) is 0 Å². The van der Waals surface area contributed by atoms with Gasteiger partial charge in [0.25, 0.3) is 11.8 Å². The van der Waals surface area contributed by atoms with Crippen LogP contribution in [-0.2, 0) is 41.4 Å². The fourth-order valence-electron chi connectivity index (χ4n) is 7.31. The lowest BCUT2D eigenvalue weighted by molar-refractivity contribution is -0.186. The van der Waals surface area contributed by atoms with Crippen molar-refractivity contribution in [1.29, 1.82) is 0 Å². The highest BCUT2D eigenvalue weighted by Gasteiger charge is 2.83. The fraction of sp³-hybridized carbons (Fsp3) is 0.389. The predicted molar refractivity (Wildman–Crippen MR) is 170 cm³/mol. The van der Waals surface area contributed by atoms with Gasteiger partial charge in [0.2, 0.25) is 0 Å². The van der Waals surface area contributed by atoms with Crippen molar-refractivity contribution in [3.63, 3.8) is 0 Å². The first-order chi connectivity index (χ1) is 22.3. The average Bonchev–Trinajstić information content (AvgIpc) is 3.54. The molecule has 1 saturated heterocycles. The summed E-state index contributed by atoms with van der Waals surface area (Å²) >= 11 is 0. The van der Waals surface area contributed by atoms with Gasteiger partial charge < -0.3 is 14.4 Å². The van der Waals surface area contributed by atoms with Crippen LogP contribution >= 0.6 is 0 Å². The van der Waals surface area contributed by atoms with Gasteiger partial charge in [-0.15, -0.1) is 0 Å². The number of hydrogen-bond donors (Lipinski definition) is 1. The molecule has 3 amide bonds. The van der Waals surface area contributed by atoms with Gasteiger partial charge >= 0.3 is 18.2 Å². The summed E-state index contributed by atoms with van der Waals surface area (Å²) in [6.45, 7) is 9.16. The van der Waals surface area contributed by atoms with E-state index in [1.54, 1.807) is 69.3 Å². The molecule has 3 aliphatic rings. The molecule has 1 fully saturated rings. The zero-order valence-electron chi connectivity index (χ0n) is 27.3. The lowest BCUT2D eigenvalue weighted by atomic mass is 9.58. The number of benzene rings is 3. The maximum Gasteiger partial charge on any atom is 0.421 e. The van der Waals surface area contributed by atoms with Crippen molar-refractivity contribution in [1.82, 2.24) is 5.32 Å². The van der Waals surface area contributed by atoms with E-state index in [2.05, 4.69) is 5.32 Å². The molecule has 3 aliphatic heterocycles. The van der Waals surface area contributed by atoms with E-state index in [4.69, 9.17) is 9.47 Å². The van der Waals surface area contributed by atoms with Crippen LogP contribution in [0.3, 0.4) is 0 Å². The summed E-state index contributed by atoms with van der Waals surface area (Å²) in [5.74, 6) is -5.79. The van der Waals surface area contributed by atoms with E-state index in [-0.39, 0.29) is 29.0 Å². The van der Waals surface area contributed by atoms with Crippen molar-refractivity contribution >= 4 is 35.3 Å². The number of ether oxygens (including phenoxy) is 2. The molecule has 0 aromatic heterocycles. The number of para-hydroxylation sites is 2. The molecule has 0 bridgehead atoms. The van der Waals surface area contributed by atoms with Gasteiger partial charge in [-0.25, -0.2) is 9.69 Å². The number of fused-ring (bicyclic) bond motifs is 5. The Morgan fingerprint density at radius 2 is 1.29 bits per heavy atom. The minimum atomic E-state index is -5.16. The van der Waals surface area contributed by atoms with Gasteiger partial charge in [-0.3, -0.25) is 19.7 Å². The number of carbonyl (C=O) groups excluding carboxylic acids is 4. The van der Waals surface area contributed by atoms with Crippen LogP contribution in [0.1, 0.15) is 58.2 Å². The molecule has 9 nitrogen and oxygen atoms in total. The van der Waals surface area contributed by atoms with Crippen LogP contribution in [-0.4, -0.2) is 47.3 Å². The van der Waals surface area contributed by atoms with Crippen molar-refractivity contribution in [3.05, 3.63) is 95.6 Å². The van der Waals surface area contributed by atoms with E-state index in [1.165, 1.54) is 56.0 Å². The van der Waals surface area contributed by atoms with Gasteiger partial charge in [0, 0.05) is 11.3 Å². The normalized spacial score (nSPS) is 25.1. The number of carbonyl (C=O) groups is 4. The summed E-state index contributed by atoms with van der Waals surface area (Å²) in [7, 11) is 0. The Kier molecular flexibility index (Phi) is 7.55. The number of nitrogens with zero attached hydrogens (tertiary/aromatic N) is 2. The smallest absolute Gasteiger partial charge is 0.421 e. The van der Waals surface area contributed by atoms with Gasteiger partial charge in [0.05, 0.1) is 12.2 Å². The minimum Gasteiger partial charge on any atom is -0.460 e. The first-order valence-corrected chi connectivity index (χ1v) is 15.5. The topological polar surface area (TPSA) is 105 Å². The summed E-state index contributed by atoms with van der Waals surface area (Å²) in [4.78, 5) is 60.6. The summed E-state index contributed by atoms with van der Waals surface area (Å²) in [6.07, 6.45) is -6.32. The number of esters is 1. The quantitative estimate of drug-likeness (QED) is 0.336. The first-order valence-electron chi connectivity index (χ1n) is 15.5. The van der Waals surface area contributed by atoms with Gasteiger partial charge in [-0.05, 0) is 64.8 Å². The number of imide groups is 1. The molecule has 0 aliphatic carbocycles. The maximum atomic E-state index is 15.4. The van der Waals surface area contributed by atoms with Crippen LogP contribution < -0.4 is 15.1 Å². The van der Waals surface area contributed by atoms with Gasteiger partial charge in [0.15, 0.2) is 0 Å². The highest BCUT2D eigenvalue weighted by Crippen LogP contribution is 2.66. The Labute approximate surface area is 276 Å². The number of alkyl halides is 3. The molecule has 12 heteroatoms. The summed E-state index contributed by atoms with van der Waals surface area (Å²) in [5, 5.41) is 2.54. The lowest BCUT2D eigenvalue weighted by Gasteiger charge is -2.41. The molecular formula is C36H36F3N3O6. The second kappa shape index (κ2) is 10.9. The number of hydrogen-bond acceptors (Lipinski definition) is 7. The van der Waals surface area contributed by atoms with E-state index in [1.807, 2.05) is 0 Å². The molecular weight excluding hydrogens is 627 g/mol. The highest BCUT2D eigenvalue weighted by molar-refractivity contribution is 6.27. The second-order valence-electron chi connectivity index (χ2n) is 14.3. The molecule has 252 valence electrons. The Hall–Kier alpha value is -4.71. The number of halogens is 3. The van der Waals surface area contributed by atoms with Crippen molar-refractivity contribution in [2.45, 2.75) is 82.5 Å². The summed E-state index contributed by atoms with van der Waals surface area (Å²) in [6, 6.07) is 18.1. The number of amides is 3. The lowest BCUT2D eigenvalue weighted by Crippen LogP contribution is -2.64. The molecule has 6 rings (SSSR count). The van der Waals surface area contributed by atoms with Crippen LogP contribution in [0.4, 0.5) is 29.3 Å². The second-order valence-corrected chi connectivity index (χ2v) is 14.3. The molecule has 1 N–H and O–H groups in total. The molecule has 3 aromatic rings. The monoisotopic (exact) mass is 663 g/mol. The van der Waals surface area contributed by atoms with E-state index in [0.29, 0.717) is 10.5 Å². The Morgan fingerprint density at radius 3 is 1.88 bits per heavy atom. The average molecular weight is 664 g/mol. The van der Waals surface area contributed by atoms with Crippen LogP contribution in [0.5, 0.6) is 0 Å². The zero-order valence-corrected chi connectivity index (χ0v) is 27.3. The standard InChI is InChI=1S/C36H36F3N3O6/c1-32(2,3)47-28(43)26-27(36(37,38)39)40-35(23-17-11-12-18-24(23)41(30(35)45)20-21-14-8-7-9-15-21)34(26)22-16-10-13-19-25(22)42(29(34)44)31(46)48-33(4,5)6/h7-19,26-27,40H,20H2,1-6H3/t26-,27-,34+,35-/m1/s1. The van der Waals surface area contributed by atoms with Crippen LogP contribution in [0.25, 0.3) is 0 Å². The van der Waals surface area contributed by atoms with Crippen LogP contribution in [0.2, 0.25) is 0 Å². The van der Waals surface area contributed by atoms with E-state index < -0.39 is 64.2 Å². The van der Waals surface area contributed by atoms with Crippen molar-refractivity contribution in [3.8, 4) is 0 Å². The third-order valence-corrected chi connectivity index (χ3v) is 8.81. The molecule has 2 spiro atoms. The summed E-state index contributed by atoms with van der Waals surface area (Å²) < 4.78 is 57.4. The predicted octanol–water partition coefficient (Wildman–Crippen LogP) is 6.14. The first kappa shape index (κ1) is 33.2. The zero-order chi connectivity index (χ0) is 35.0. The maximum absolute atomic E-state index is 15.4. The van der Waals surface area contributed by atoms with Gasteiger partial charge in [-0.2, -0.15) is 13.2 Å². The minimum absolute atomic E-state index is 0.0460. The molecule has 48 heavy (non-hydrogen) atoms. The van der Waals surface area contributed by atoms with Crippen LogP contribution in [0, 0.1) is 5.92 Å². The fourth-order valence-corrected chi connectivity index (χ4v) is 7.31. The highest BCUT2D eigenvalue weighted by atomic mass is 19.4. The third-order valence-electron chi connectivity index (χ3n) is 8.81. The van der Waals surface area contributed by atoms with Gasteiger partial charge in [-0.1, -0.05) is 66.7 Å². The molecule has 0 saturated carbocycles. The Bertz CT molecular complexity index is 1820. The van der Waals surface area contributed by atoms with E-state index >= 15 is 22.8 Å². The number of anilines is 2. The SMILES string of the molecule is CC(C)(C)OC(=O)[C@H]1[C@H](C(F)(F)F)N[C@]2(C(=O)N(Cc3ccccc3)c3ccccc32)[C@]12C(=O)N(C(=O)OC(C)(C)C)c1ccccc12. The van der Waals surface area contributed by atoms with E-state index in [9.17, 15) is 9.59 Å². The van der Waals surface area contributed by atoms with Crippen LogP contribution in [0.15, 0.2) is 78.9 Å². The van der Waals surface area contributed by atoms with Crippen molar-refractivity contribution in [2.24, 2.45) is 5.92 Å². The van der Waals surface area contributed by atoms with Gasteiger partial charge in [0.1, 0.15) is 34.1 Å². The molecule has 4 atom stereocenters. The Morgan fingerprint density at radius 1 is 0.750 bits per heavy atom. The molecule has 0 unspecified atom stereocenters. The Balaban J connectivity index is 1.70. The largest absolute Gasteiger partial charge is 0.460 e. The summed E-state index contributed by atoms with van der Waals surface area (Å²) in [5.41, 5.74) is -6.75.